The van der Waals surface area contributed by atoms with Crippen molar-refractivity contribution in [2.24, 2.45) is 23.7 Å². The Morgan fingerprint density at radius 3 is 1.84 bits per heavy atom. The van der Waals surface area contributed by atoms with Crippen LogP contribution in [-0.4, -0.2) is 41.0 Å². The van der Waals surface area contributed by atoms with Crippen molar-refractivity contribution in [3.63, 3.8) is 0 Å². The van der Waals surface area contributed by atoms with E-state index in [1.54, 1.807) is 0 Å². The second-order valence-corrected chi connectivity index (χ2v) is 7.58. The van der Waals surface area contributed by atoms with Gasteiger partial charge >= 0.3 is 6.03 Å². The van der Waals surface area contributed by atoms with Crippen LogP contribution in [0.3, 0.4) is 0 Å². The molecule has 2 saturated carbocycles. The van der Waals surface area contributed by atoms with Crippen molar-refractivity contribution in [2.75, 3.05) is 13.1 Å². The summed E-state index contributed by atoms with van der Waals surface area (Å²) in [6.45, 7) is 2.07. The van der Waals surface area contributed by atoms with E-state index in [9.17, 15) is 4.79 Å². The smallest absolute Gasteiger partial charge is 0.320 e. The predicted molar refractivity (Wildman–Crippen MR) is 72.7 cm³/mol. The summed E-state index contributed by atoms with van der Waals surface area (Å²) in [5.74, 6) is 3.62. The van der Waals surface area contributed by atoms with E-state index < -0.39 is 0 Å². The molecule has 2 bridgehead atoms. The third kappa shape index (κ3) is 1.27. The molecular weight excluding hydrogens is 236 g/mol. The van der Waals surface area contributed by atoms with E-state index >= 15 is 0 Å². The molecule has 3 nitrogen and oxygen atoms in total. The molecule has 5 fully saturated rings. The minimum atomic E-state index is 0.402. The van der Waals surface area contributed by atoms with E-state index in [0.29, 0.717) is 18.1 Å². The van der Waals surface area contributed by atoms with Gasteiger partial charge in [-0.05, 0) is 68.6 Å². The number of nitrogens with zero attached hydrogens (tertiary/aromatic N) is 2. The quantitative estimate of drug-likeness (QED) is 0.657. The molecule has 2 amide bonds. The third-order valence-corrected chi connectivity index (χ3v) is 7.03. The van der Waals surface area contributed by atoms with Crippen LogP contribution in [0.2, 0.25) is 0 Å². The first-order valence-corrected chi connectivity index (χ1v) is 8.42. The predicted octanol–water partition coefficient (Wildman–Crippen LogP) is 2.71. The molecule has 0 spiro atoms. The maximum absolute atomic E-state index is 12.8. The third-order valence-electron chi connectivity index (χ3n) is 7.03. The average molecular weight is 260 g/mol. The monoisotopic (exact) mass is 260 g/mol. The first-order chi connectivity index (χ1) is 9.34. The Bertz CT molecular complexity index is 387. The summed E-state index contributed by atoms with van der Waals surface area (Å²) in [5.41, 5.74) is 0. The molecule has 0 N–H and O–H groups in total. The highest BCUT2D eigenvalue weighted by molar-refractivity contribution is 5.76. The lowest BCUT2D eigenvalue weighted by Gasteiger charge is -2.38. The SMILES string of the molecule is O=C1N2CCCC2C2C3CCC(C3)C2C2CCCN12. The van der Waals surface area contributed by atoms with Crippen LogP contribution in [0.5, 0.6) is 0 Å². The summed E-state index contributed by atoms with van der Waals surface area (Å²) in [4.78, 5) is 17.4. The minimum Gasteiger partial charge on any atom is -0.321 e. The highest BCUT2D eigenvalue weighted by Gasteiger charge is 2.59. The maximum atomic E-state index is 12.8. The van der Waals surface area contributed by atoms with Gasteiger partial charge in [0.2, 0.25) is 0 Å². The number of amides is 2. The molecule has 0 aromatic heterocycles. The molecule has 6 unspecified atom stereocenters. The number of hydrogen-bond acceptors (Lipinski definition) is 1. The number of urea groups is 1. The number of carbonyl (C=O) groups is 1. The lowest BCUT2D eigenvalue weighted by atomic mass is 9.71. The Labute approximate surface area is 115 Å². The van der Waals surface area contributed by atoms with Crippen LogP contribution in [0.4, 0.5) is 4.79 Å². The fourth-order valence-electron chi connectivity index (χ4n) is 6.55. The second kappa shape index (κ2) is 3.67. The van der Waals surface area contributed by atoms with Gasteiger partial charge in [0.15, 0.2) is 0 Å². The fourth-order valence-corrected chi connectivity index (χ4v) is 6.55. The summed E-state index contributed by atoms with van der Waals surface area (Å²) >= 11 is 0. The molecule has 6 atom stereocenters. The number of rotatable bonds is 0. The van der Waals surface area contributed by atoms with Crippen molar-refractivity contribution in [3.8, 4) is 0 Å². The van der Waals surface area contributed by atoms with Crippen molar-refractivity contribution >= 4 is 6.03 Å². The van der Waals surface area contributed by atoms with Gasteiger partial charge in [-0.25, -0.2) is 4.79 Å². The van der Waals surface area contributed by atoms with Crippen molar-refractivity contribution in [1.29, 1.82) is 0 Å². The molecule has 19 heavy (non-hydrogen) atoms. The first-order valence-electron chi connectivity index (χ1n) is 8.42. The molecule has 0 aromatic carbocycles. The summed E-state index contributed by atoms with van der Waals surface area (Å²) in [5, 5.41) is 0. The van der Waals surface area contributed by atoms with Crippen molar-refractivity contribution in [2.45, 2.75) is 57.0 Å². The first kappa shape index (κ1) is 11.0. The molecular formula is C16H24N2O. The molecule has 0 aromatic rings. The van der Waals surface area contributed by atoms with Crippen LogP contribution in [0.25, 0.3) is 0 Å². The van der Waals surface area contributed by atoms with Gasteiger partial charge < -0.3 is 9.80 Å². The molecule has 5 aliphatic rings. The van der Waals surface area contributed by atoms with E-state index in [4.69, 9.17) is 0 Å². The van der Waals surface area contributed by atoms with E-state index in [-0.39, 0.29) is 0 Å². The Kier molecular flexibility index (Phi) is 2.13. The molecule has 5 rings (SSSR count). The largest absolute Gasteiger partial charge is 0.321 e. The second-order valence-electron chi connectivity index (χ2n) is 7.58. The van der Waals surface area contributed by atoms with Gasteiger partial charge in [-0.1, -0.05) is 0 Å². The molecule has 3 saturated heterocycles. The van der Waals surface area contributed by atoms with Crippen LogP contribution >= 0.6 is 0 Å². The fraction of sp³-hybridized carbons (Fsp3) is 0.938. The van der Waals surface area contributed by atoms with Crippen molar-refractivity contribution < 1.29 is 4.79 Å². The standard InChI is InChI=1S/C16H24N2O/c19-16-17-7-1-3-12(17)14-10-5-6-11(9-10)15(14)13-4-2-8-18(13)16/h10-15H,1-9H2. The van der Waals surface area contributed by atoms with Crippen LogP contribution < -0.4 is 0 Å². The van der Waals surface area contributed by atoms with Crippen LogP contribution in [-0.2, 0) is 0 Å². The zero-order valence-electron chi connectivity index (χ0n) is 11.6. The van der Waals surface area contributed by atoms with Crippen LogP contribution in [0.1, 0.15) is 44.9 Å². The van der Waals surface area contributed by atoms with Crippen molar-refractivity contribution in [3.05, 3.63) is 0 Å². The van der Waals surface area contributed by atoms with Gasteiger partial charge in [-0.15, -0.1) is 0 Å². The maximum Gasteiger partial charge on any atom is 0.320 e. The van der Waals surface area contributed by atoms with Crippen LogP contribution in [0.15, 0.2) is 0 Å². The molecule has 2 aliphatic carbocycles. The Morgan fingerprint density at radius 2 is 1.32 bits per heavy atom. The summed E-state index contributed by atoms with van der Waals surface area (Å²) in [6.07, 6.45) is 9.46. The van der Waals surface area contributed by atoms with Gasteiger partial charge in [0, 0.05) is 25.2 Å². The van der Waals surface area contributed by atoms with Crippen molar-refractivity contribution in [1.82, 2.24) is 9.80 Å². The molecule has 3 aliphatic heterocycles. The van der Waals surface area contributed by atoms with Gasteiger partial charge in [-0.2, -0.15) is 0 Å². The topological polar surface area (TPSA) is 23.6 Å². The Morgan fingerprint density at radius 1 is 0.789 bits per heavy atom. The highest BCUT2D eigenvalue weighted by Crippen LogP contribution is 2.59. The lowest BCUT2D eigenvalue weighted by molar-refractivity contribution is 0.116. The highest BCUT2D eigenvalue weighted by atomic mass is 16.2. The van der Waals surface area contributed by atoms with Crippen LogP contribution in [0, 0.1) is 23.7 Å². The minimum absolute atomic E-state index is 0.402. The summed E-state index contributed by atoms with van der Waals surface area (Å²) in [6, 6.07) is 1.62. The lowest BCUT2D eigenvalue weighted by Crippen LogP contribution is -2.45. The zero-order valence-corrected chi connectivity index (χ0v) is 11.6. The Balaban J connectivity index is 1.61. The number of fused-ring (bicyclic) bond motifs is 9. The van der Waals surface area contributed by atoms with E-state index in [2.05, 4.69) is 9.80 Å². The van der Waals surface area contributed by atoms with Gasteiger partial charge in [-0.3, -0.25) is 0 Å². The molecule has 0 radical (unpaired) electrons. The van der Waals surface area contributed by atoms with Gasteiger partial charge in [0.1, 0.15) is 0 Å². The van der Waals surface area contributed by atoms with E-state index in [1.165, 1.54) is 44.9 Å². The zero-order chi connectivity index (χ0) is 12.6. The normalized spacial score (nSPS) is 51.3. The molecule has 3 heteroatoms. The van der Waals surface area contributed by atoms with Gasteiger partial charge in [0.05, 0.1) is 0 Å². The molecule has 104 valence electrons. The van der Waals surface area contributed by atoms with Gasteiger partial charge in [0.25, 0.3) is 0 Å². The number of hydrogen-bond donors (Lipinski definition) is 0. The summed E-state index contributed by atoms with van der Waals surface area (Å²) < 4.78 is 0. The number of carbonyl (C=O) groups excluding carboxylic acids is 1. The average Bonchev–Trinajstić information content (AvgIpc) is 3.18. The summed E-state index contributed by atoms with van der Waals surface area (Å²) in [7, 11) is 0. The molecule has 3 heterocycles. The van der Waals surface area contributed by atoms with E-state index in [0.717, 1.165) is 36.8 Å². The van der Waals surface area contributed by atoms with E-state index in [1.807, 2.05) is 0 Å². The Hall–Kier alpha value is -0.730.